The number of rotatable bonds is 4. The molecule has 2 spiro atoms. The Morgan fingerprint density at radius 2 is 0.759 bits per heavy atom. The minimum absolute atomic E-state index is 0.0657. The number of nitrogens with zero attached hydrogens (tertiary/aromatic N) is 1. The number of fused-ring (bicyclic) bond motifs is 22. The first-order valence-corrected chi connectivity index (χ1v) is 28.7. The van der Waals surface area contributed by atoms with Crippen LogP contribution in [0.25, 0.3) is 66.4 Å². The first-order chi connectivity index (χ1) is 38.4. The van der Waals surface area contributed by atoms with Crippen molar-refractivity contribution >= 4 is 50.8 Å². The van der Waals surface area contributed by atoms with E-state index in [4.69, 9.17) is 4.42 Å². The molecule has 0 N–H and O–H groups in total. The summed E-state index contributed by atoms with van der Waals surface area (Å²) in [4.78, 5) is 5.15. The van der Waals surface area contributed by atoms with Gasteiger partial charge in [0, 0.05) is 37.5 Å². The Morgan fingerprint density at radius 1 is 0.329 bits per heavy atom. The third-order valence-corrected chi connectivity index (χ3v) is 19.2. The molecule has 0 unspecified atom stereocenters. The van der Waals surface area contributed by atoms with Crippen molar-refractivity contribution in [2.75, 3.05) is 4.90 Å². The van der Waals surface area contributed by atoms with Gasteiger partial charge < -0.3 is 9.32 Å². The Hall–Kier alpha value is -8.63. The van der Waals surface area contributed by atoms with Crippen molar-refractivity contribution < 1.29 is 4.42 Å². The Bertz CT molecular complexity index is 4450. The average Bonchev–Trinajstić information content (AvgIpc) is 3.47. The van der Waals surface area contributed by atoms with Gasteiger partial charge in [-0.2, -0.15) is 0 Å². The van der Waals surface area contributed by atoms with Crippen molar-refractivity contribution in [1.29, 1.82) is 0 Å². The molecule has 1 aromatic heterocycles. The molecule has 0 amide bonds. The Morgan fingerprint density at radius 3 is 1.38 bits per heavy atom. The summed E-state index contributed by atoms with van der Waals surface area (Å²) in [5, 5.41) is 2.23. The highest BCUT2D eigenvalue weighted by atomic mass is 32.2. The lowest BCUT2D eigenvalue weighted by Gasteiger charge is -2.41. The van der Waals surface area contributed by atoms with Gasteiger partial charge in [0.15, 0.2) is 0 Å². The van der Waals surface area contributed by atoms with Crippen molar-refractivity contribution in [3.8, 4) is 44.5 Å². The van der Waals surface area contributed by atoms with Crippen LogP contribution in [0.1, 0.15) is 97.2 Å². The highest BCUT2D eigenvalue weighted by molar-refractivity contribution is 7.99. The van der Waals surface area contributed by atoms with E-state index >= 15 is 0 Å². The van der Waals surface area contributed by atoms with E-state index in [9.17, 15) is 0 Å². The van der Waals surface area contributed by atoms with Crippen LogP contribution in [-0.4, -0.2) is 0 Å². The maximum Gasteiger partial charge on any atom is 0.136 e. The summed E-state index contributed by atoms with van der Waals surface area (Å²) in [6, 6.07) is 90.2. The van der Waals surface area contributed by atoms with Crippen LogP contribution >= 0.6 is 11.8 Å². The van der Waals surface area contributed by atoms with E-state index < -0.39 is 10.8 Å². The highest BCUT2D eigenvalue weighted by Crippen LogP contribution is 2.66. The predicted molar refractivity (Wildman–Crippen MR) is 329 cm³/mol. The lowest BCUT2D eigenvalue weighted by atomic mass is 9.66. The molecule has 3 aliphatic carbocycles. The highest BCUT2D eigenvalue weighted by Gasteiger charge is 2.53. The molecule has 0 saturated heterocycles. The zero-order valence-corrected chi connectivity index (χ0v) is 46.1. The van der Waals surface area contributed by atoms with Crippen LogP contribution in [0.15, 0.2) is 251 Å². The van der Waals surface area contributed by atoms with Crippen LogP contribution in [0.2, 0.25) is 0 Å². The summed E-state index contributed by atoms with van der Waals surface area (Å²) in [6.45, 7) is 14.1. The van der Waals surface area contributed by atoms with E-state index in [1.165, 1.54) is 98.8 Å². The van der Waals surface area contributed by atoms with Gasteiger partial charge in [-0.25, -0.2) is 0 Å². The SMILES string of the molecule is CC(C)(C)c1ccc2c(c1)C1(c3ccccc3Sc3ccc(N(c4ccc5c(c4)C4(c6ccccc6-c6ccccc64)c4ccccc4-5)c4ccccc4-c4cccc5oc6ccccc6c45)cc31)c1cc(C(C)(C)C)ccc1-2. The van der Waals surface area contributed by atoms with E-state index in [-0.39, 0.29) is 10.8 Å². The molecular weight excluding hydrogens is 975 g/mol. The van der Waals surface area contributed by atoms with Gasteiger partial charge in [-0.15, -0.1) is 0 Å². The van der Waals surface area contributed by atoms with Gasteiger partial charge in [0.05, 0.1) is 16.5 Å². The van der Waals surface area contributed by atoms with E-state index in [1.54, 1.807) is 0 Å². The number of furan rings is 1. The molecule has 378 valence electrons. The minimum atomic E-state index is -0.617. The lowest BCUT2D eigenvalue weighted by molar-refractivity contribution is 0.585. The van der Waals surface area contributed by atoms with E-state index in [0.29, 0.717) is 0 Å². The fraction of sp³-hybridized carbons (Fsp3) is 0.132. The fourth-order valence-electron chi connectivity index (χ4n) is 14.5. The van der Waals surface area contributed by atoms with Crippen molar-refractivity contribution in [3.05, 3.63) is 292 Å². The summed E-state index contributed by atoms with van der Waals surface area (Å²) >= 11 is 1.91. The Labute approximate surface area is 467 Å². The first-order valence-electron chi connectivity index (χ1n) is 27.9. The molecule has 12 aromatic rings. The molecule has 1 aliphatic heterocycles. The predicted octanol–water partition coefficient (Wildman–Crippen LogP) is 20.5. The quantitative estimate of drug-likeness (QED) is 0.175. The van der Waals surface area contributed by atoms with E-state index in [1.807, 2.05) is 11.8 Å². The van der Waals surface area contributed by atoms with Crippen molar-refractivity contribution in [2.45, 2.75) is 73.0 Å². The summed E-state index contributed by atoms with van der Waals surface area (Å²) in [5.41, 5.74) is 27.1. The molecule has 3 heteroatoms. The second-order valence-electron chi connectivity index (χ2n) is 24.3. The topological polar surface area (TPSA) is 16.4 Å². The molecule has 79 heavy (non-hydrogen) atoms. The summed E-state index contributed by atoms with van der Waals surface area (Å²) in [6.07, 6.45) is 0. The molecule has 2 heterocycles. The minimum Gasteiger partial charge on any atom is -0.456 e. The van der Waals surface area contributed by atoms with Gasteiger partial charge >= 0.3 is 0 Å². The molecule has 4 aliphatic rings. The van der Waals surface area contributed by atoms with Crippen LogP contribution in [0.3, 0.4) is 0 Å². The zero-order valence-electron chi connectivity index (χ0n) is 45.3. The van der Waals surface area contributed by atoms with Crippen molar-refractivity contribution in [3.63, 3.8) is 0 Å². The van der Waals surface area contributed by atoms with Gasteiger partial charge in [-0.05, 0) is 160 Å². The monoisotopic (exact) mass is 1030 g/mol. The second-order valence-corrected chi connectivity index (χ2v) is 25.4. The molecule has 11 aromatic carbocycles. The van der Waals surface area contributed by atoms with Crippen molar-refractivity contribution in [2.24, 2.45) is 0 Å². The molecule has 0 fully saturated rings. The smallest absolute Gasteiger partial charge is 0.136 e. The largest absolute Gasteiger partial charge is 0.456 e. The zero-order chi connectivity index (χ0) is 53.2. The van der Waals surface area contributed by atoms with Gasteiger partial charge in [0.1, 0.15) is 11.2 Å². The van der Waals surface area contributed by atoms with Crippen LogP contribution in [-0.2, 0) is 21.7 Å². The van der Waals surface area contributed by atoms with Gasteiger partial charge in [0.25, 0.3) is 0 Å². The summed E-state index contributed by atoms with van der Waals surface area (Å²) < 4.78 is 6.62. The molecule has 0 radical (unpaired) electrons. The molecule has 0 bridgehead atoms. The van der Waals surface area contributed by atoms with Crippen LogP contribution < -0.4 is 4.90 Å². The molecule has 0 atom stereocenters. The molecule has 0 saturated carbocycles. The van der Waals surface area contributed by atoms with Crippen LogP contribution in [0, 0.1) is 0 Å². The number of benzene rings is 11. The normalized spacial score (nSPS) is 14.6. The number of hydrogen-bond acceptors (Lipinski definition) is 3. The second kappa shape index (κ2) is 16.5. The lowest BCUT2D eigenvalue weighted by Crippen LogP contribution is -2.33. The van der Waals surface area contributed by atoms with Crippen LogP contribution in [0.4, 0.5) is 17.1 Å². The molecule has 2 nitrogen and oxygen atoms in total. The van der Waals surface area contributed by atoms with Gasteiger partial charge in [-0.1, -0.05) is 235 Å². The first kappa shape index (κ1) is 46.5. The average molecular weight is 1030 g/mol. The van der Waals surface area contributed by atoms with E-state index in [2.05, 4.69) is 283 Å². The summed E-state index contributed by atoms with van der Waals surface area (Å²) in [7, 11) is 0. The number of anilines is 3. The van der Waals surface area contributed by atoms with Gasteiger partial charge in [0.2, 0.25) is 0 Å². The third kappa shape index (κ3) is 6.31. The Kier molecular flexibility index (Phi) is 9.68. The summed E-state index contributed by atoms with van der Waals surface area (Å²) in [5.74, 6) is 0. The molecule has 16 rings (SSSR count). The number of hydrogen-bond donors (Lipinski definition) is 0. The maximum absolute atomic E-state index is 6.62. The van der Waals surface area contributed by atoms with Crippen LogP contribution in [0.5, 0.6) is 0 Å². The number of para-hydroxylation sites is 2. The standard InChI is InChI=1S/C76H57NOS/c1-73(2,3)46-34-38-53-54-39-35-47(74(4,5)6)43-64(54)76(63(53)42-46)62-29-15-18-33-70(62)79-71-41-37-49(45-66(71)76)77(67-30-16-10-23-56(67)57-25-19-32-69-72(57)58-24-11-17-31-68(58)78-69)48-36-40-55-52-22-9-14-28-61(52)75(65(55)44-48)59-26-12-7-20-50(59)51-21-8-13-27-60(51)75/h7-45H,1-6H3. The van der Waals surface area contributed by atoms with Gasteiger partial charge in [-0.3, -0.25) is 0 Å². The van der Waals surface area contributed by atoms with Crippen molar-refractivity contribution in [1.82, 2.24) is 0 Å². The maximum atomic E-state index is 6.62. The van der Waals surface area contributed by atoms with E-state index in [0.717, 1.165) is 50.1 Å². The molecular formula is C76H57NOS. The third-order valence-electron chi connectivity index (χ3n) is 18.1. The Balaban J connectivity index is 1.01. The fourth-order valence-corrected chi connectivity index (χ4v) is 15.7.